The number of aryl methyl sites for hydroxylation is 1. The van der Waals surface area contributed by atoms with Crippen LogP contribution in [0.25, 0.3) is 5.69 Å². The molecule has 1 saturated carbocycles. The van der Waals surface area contributed by atoms with Gasteiger partial charge in [-0.15, -0.1) is 0 Å². The number of carbonyl (C=O) groups is 1. The summed E-state index contributed by atoms with van der Waals surface area (Å²) < 4.78 is 7.31. The van der Waals surface area contributed by atoms with E-state index in [9.17, 15) is 4.79 Å². The highest BCUT2D eigenvalue weighted by Gasteiger charge is 2.29. The van der Waals surface area contributed by atoms with Crippen LogP contribution in [0, 0.1) is 5.92 Å². The fourth-order valence-corrected chi connectivity index (χ4v) is 4.23. The molecule has 29 heavy (non-hydrogen) atoms. The number of ether oxygens (including phenoxy) is 1. The van der Waals surface area contributed by atoms with Crippen LogP contribution < -0.4 is 4.90 Å². The summed E-state index contributed by atoms with van der Waals surface area (Å²) in [4.78, 5) is 17.3. The second-order valence-corrected chi connectivity index (χ2v) is 7.98. The smallest absolute Gasteiger partial charge is 0.226 e. The summed E-state index contributed by atoms with van der Waals surface area (Å²) >= 11 is 0. The zero-order valence-electron chi connectivity index (χ0n) is 18.2. The summed E-state index contributed by atoms with van der Waals surface area (Å²) in [6.07, 6.45) is 5.15. The van der Waals surface area contributed by atoms with Crippen LogP contribution in [0.4, 0.5) is 5.82 Å². The zero-order chi connectivity index (χ0) is 20.8. The van der Waals surface area contributed by atoms with Gasteiger partial charge in [0, 0.05) is 39.2 Å². The van der Waals surface area contributed by atoms with Crippen LogP contribution in [0.15, 0.2) is 30.3 Å². The summed E-state index contributed by atoms with van der Waals surface area (Å²) in [7, 11) is 5.77. The van der Waals surface area contributed by atoms with Gasteiger partial charge < -0.3 is 14.5 Å². The number of amides is 1. The maximum Gasteiger partial charge on any atom is 0.226 e. The van der Waals surface area contributed by atoms with Crippen molar-refractivity contribution in [3.05, 3.63) is 41.6 Å². The number of hydrogen-bond acceptors (Lipinski definition) is 4. The molecular weight excluding hydrogens is 364 g/mol. The van der Waals surface area contributed by atoms with Crippen molar-refractivity contribution in [2.45, 2.75) is 45.6 Å². The van der Waals surface area contributed by atoms with Crippen molar-refractivity contribution < 1.29 is 9.53 Å². The number of carbonyl (C=O) groups excluding carboxylic acids is 1. The Labute approximate surface area is 174 Å². The van der Waals surface area contributed by atoms with Crippen molar-refractivity contribution in [1.82, 2.24) is 14.7 Å². The van der Waals surface area contributed by atoms with Crippen molar-refractivity contribution >= 4 is 11.7 Å². The van der Waals surface area contributed by atoms with Gasteiger partial charge in [0.15, 0.2) is 0 Å². The number of hydrogen-bond donors (Lipinski definition) is 0. The molecule has 0 spiro atoms. The number of anilines is 1. The van der Waals surface area contributed by atoms with E-state index in [1.54, 1.807) is 7.11 Å². The van der Waals surface area contributed by atoms with Gasteiger partial charge in [-0.3, -0.25) is 4.79 Å². The number of nitrogens with zero attached hydrogens (tertiary/aromatic N) is 4. The van der Waals surface area contributed by atoms with Crippen LogP contribution in [-0.2, 0) is 22.5 Å². The molecular formula is C23H34N4O2. The Morgan fingerprint density at radius 1 is 1.21 bits per heavy atom. The maximum atomic E-state index is 13.2. The van der Waals surface area contributed by atoms with Crippen molar-refractivity contribution in [3.8, 4) is 5.69 Å². The zero-order valence-corrected chi connectivity index (χ0v) is 18.2. The van der Waals surface area contributed by atoms with Crippen molar-refractivity contribution in [2.75, 3.05) is 39.3 Å². The van der Waals surface area contributed by atoms with Crippen LogP contribution in [0.1, 0.15) is 43.9 Å². The van der Waals surface area contributed by atoms with E-state index in [1.807, 2.05) is 41.9 Å². The molecule has 1 heterocycles. The fourth-order valence-electron chi connectivity index (χ4n) is 4.23. The van der Waals surface area contributed by atoms with Gasteiger partial charge in [-0.2, -0.15) is 5.10 Å². The van der Waals surface area contributed by atoms with Crippen LogP contribution in [0.2, 0.25) is 0 Å². The summed E-state index contributed by atoms with van der Waals surface area (Å²) in [6, 6.07) is 10.2. The fraction of sp³-hybridized carbons (Fsp3) is 0.565. The molecule has 6 heteroatoms. The molecule has 0 atom stereocenters. The molecule has 0 aliphatic heterocycles. The first kappa shape index (κ1) is 21.4. The minimum Gasteiger partial charge on any atom is -0.383 e. The number of para-hydroxylation sites is 1. The highest BCUT2D eigenvalue weighted by atomic mass is 16.5. The lowest BCUT2D eigenvalue weighted by Crippen LogP contribution is -2.37. The monoisotopic (exact) mass is 398 g/mol. The molecule has 1 aliphatic carbocycles. The average molecular weight is 399 g/mol. The van der Waals surface area contributed by atoms with Gasteiger partial charge in [-0.05, 0) is 31.4 Å². The number of rotatable bonds is 9. The standard InChI is InChI=1S/C23H34N4O2/c1-5-21-20(17-26(15-16-29-4)23(28)18-11-9-10-12-18)22(25(2)3)27(24-21)19-13-7-6-8-14-19/h6-8,13-14,18H,5,9-12,15-17H2,1-4H3. The van der Waals surface area contributed by atoms with E-state index in [-0.39, 0.29) is 11.8 Å². The molecule has 6 nitrogen and oxygen atoms in total. The molecule has 0 N–H and O–H groups in total. The molecule has 1 aromatic heterocycles. The van der Waals surface area contributed by atoms with E-state index in [0.717, 1.165) is 54.9 Å². The van der Waals surface area contributed by atoms with E-state index in [0.29, 0.717) is 19.7 Å². The predicted molar refractivity (Wildman–Crippen MR) is 117 cm³/mol. The van der Waals surface area contributed by atoms with Crippen LogP contribution >= 0.6 is 0 Å². The lowest BCUT2D eigenvalue weighted by atomic mass is 10.1. The topological polar surface area (TPSA) is 50.6 Å². The Bertz CT molecular complexity index is 795. The second kappa shape index (κ2) is 9.92. The van der Waals surface area contributed by atoms with Crippen LogP contribution in [0.3, 0.4) is 0 Å². The van der Waals surface area contributed by atoms with E-state index < -0.39 is 0 Å². The average Bonchev–Trinajstić information content (AvgIpc) is 3.39. The van der Waals surface area contributed by atoms with Gasteiger partial charge in [0.2, 0.25) is 5.91 Å². The molecule has 1 aliphatic rings. The maximum absolute atomic E-state index is 13.2. The minimum atomic E-state index is 0.156. The number of methoxy groups -OCH3 is 1. The third kappa shape index (κ3) is 4.81. The van der Waals surface area contributed by atoms with Gasteiger partial charge in [-0.25, -0.2) is 4.68 Å². The SMILES string of the molecule is CCc1nn(-c2ccccc2)c(N(C)C)c1CN(CCOC)C(=O)C1CCCC1. The lowest BCUT2D eigenvalue weighted by Gasteiger charge is -2.27. The van der Waals surface area contributed by atoms with E-state index in [4.69, 9.17) is 9.84 Å². The first-order chi connectivity index (χ1) is 14.1. The third-order valence-electron chi connectivity index (χ3n) is 5.73. The quantitative estimate of drug-likeness (QED) is 0.647. The molecule has 1 aromatic carbocycles. The van der Waals surface area contributed by atoms with Crippen molar-refractivity contribution in [1.29, 1.82) is 0 Å². The van der Waals surface area contributed by atoms with E-state index in [1.165, 1.54) is 0 Å². The largest absolute Gasteiger partial charge is 0.383 e. The third-order valence-corrected chi connectivity index (χ3v) is 5.73. The number of aromatic nitrogens is 2. The van der Waals surface area contributed by atoms with Gasteiger partial charge >= 0.3 is 0 Å². The highest BCUT2D eigenvalue weighted by Crippen LogP contribution is 2.31. The second-order valence-electron chi connectivity index (χ2n) is 7.98. The van der Waals surface area contributed by atoms with Gasteiger partial charge in [0.25, 0.3) is 0 Å². The Kier molecular flexibility index (Phi) is 7.31. The molecule has 0 unspecified atom stereocenters. The van der Waals surface area contributed by atoms with Crippen LogP contribution in [-0.4, -0.2) is 54.9 Å². The minimum absolute atomic E-state index is 0.156. The van der Waals surface area contributed by atoms with Crippen LogP contribution in [0.5, 0.6) is 0 Å². The molecule has 0 saturated heterocycles. The molecule has 1 fully saturated rings. The molecule has 3 rings (SSSR count). The molecule has 1 amide bonds. The summed E-state index contributed by atoms with van der Waals surface area (Å²) in [5.41, 5.74) is 3.20. The predicted octanol–water partition coefficient (Wildman–Crippen LogP) is 3.67. The van der Waals surface area contributed by atoms with Gasteiger partial charge in [0.1, 0.15) is 5.82 Å². The lowest BCUT2D eigenvalue weighted by molar-refractivity contribution is -0.136. The highest BCUT2D eigenvalue weighted by molar-refractivity contribution is 5.79. The Balaban J connectivity index is 1.98. The first-order valence-electron chi connectivity index (χ1n) is 10.7. The van der Waals surface area contributed by atoms with Crippen molar-refractivity contribution in [3.63, 3.8) is 0 Å². The summed E-state index contributed by atoms with van der Waals surface area (Å²) in [6.45, 7) is 3.85. The van der Waals surface area contributed by atoms with E-state index in [2.05, 4.69) is 24.0 Å². The number of benzene rings is 1. The molecule has 2 aromatic rings. The van der Waals surface area contributed by atoms with Crippen molar-refractivity contribution in [2.24, 2.45) is 5.92 Å². The molecule has 0 radical (unpaired) electrons. The van der Waals surface area contributed by atoms with Gasteiger partial charge in [0.05, 0.1) is 24.5 Å². The summed E-state index contributed by atoms with van der Waals surface area (Å²) in [5.74, 6) is 1.46. The molecule has 158 valence electrons. The Morgan fingerprint density at radius 2 is 1.90 bits per heavy atom. The van der Waals surface area contributed by atoms with E-state index >= 15 is 0 Å². The Morgan fingerprint density at radius 3 is 2.48 bits per heavy atom. The Hall–Kier alpha value is -2.34. The molecule has 0 bridgehead atoms. The first-order valence-corrected chi connectivity index (χ1v) is 10.7. The van der Waals surface area contributed by atoms with Gasteiger partial charge in [-0.1, -0.05) is 38.0 Å². The normalized spacial score (nSPS) is 14.3. The summed E-state index contributed by atoms with van der Waals surface area (Å²) in [5, 5.41) is 4.92.